The van der Waals surface area contributed by atoms with Gasteiger partial charge in [0.15, 0.2) is 17.4 Å². The van der Waals surface area contributed by atoms with Gasteiger partial charge in [-0.3, -0.25) is 0 Å². The molecule has 0 heterocycles. The fourth-order valence-corrected chi connectivity index (χ4v) is 4.73. The molecule has 2 aromatic carbocycles. The van der Waals surface area contributed by atoms with Crippen molar-refractivity contribution in [2.24, 2.45) is 10.6 Å². The SMILES string of the molecule is COc1c(F)cc(C2=C(c3ccc(CS(N)(=O)=O)cc3)CC3(CC3)C2)cc1F. The van der Waals surface area contributed by atoms with Crippen molar-refractivity contribution < 1.29 is 21.9 Å². The Hall–Kier alpha value is -2.25. The van der Waals surface area contributed by atoms with Crippen molar-refractivity contribution in [1.82, 2.24) is 0 Å². The van der Waals surface area contributed by atoms with E-state index in [4.69, 9.17) is 9.88 Å². The lowest BCUT2D eigenvalue weighted by atomic mass is 9.96. The summed E-state index contributed by atoms with van der Waals surface area (Å²) in [6, 6.07) is 9.83. The largest absolute Gasteiger partial charge is 0.491 e. The summed E-state index contributed by atoms with van der Waals surface area (Å²) in [4.78, 5) is 0. The first-order valence-electron chi connectivity index (χ1n) is 9.05. The third kappa shape index (κ3) is 3.69. The third-order valence-corrected chi connectivity index (χ3v) is 6.38. The van der Waals surface area contributed by atoms with Crippen LogP contribution in [0.5, 0.6) is 5.75 Å². The molecule has 28 heavy (non-hydrogen) atoms. The number of allylic oxidation sites excluding steroid dienone is 2. The molecular weight excluding hydrogens is 384 g/mol. The van der Waals surface area contributed by atoms with Gasteiger partial charge in [-0.2, -0.15) is 0 Å². The van der Waals surface area contributed by atoms with Crippen LogP contribution in [0.15, 0.2) is 36.4 Å². The third-order valence-electron chi connectivity index (χ3n) is 5.65. The van der Waals surface area contributed by atoms with E-state index >= 15 is 0 Å². The summed E-state index contributed by atoms with van der Waals surface area (Å²) in [7, 11) is -2.35. The molecule has 1 fully saturated rings. The second-order valence-corrected chi connectivity index (χ2v) is 9.40. The molecule has 0 amide bonds. The fourth-order valence-electron chi connectivity index (χ4n) is 4.07. The van der Waals surface area contributed by atoms with E-state index in [9.17, 15) is 17.2 Å². The number of sulfonamides is 1. The van der Waals surface area contributed by atoms with Gasteiger partial charge in [0, 0.05) is 0 Å². The molecule has 0 unspecified atom stereocenters. The maximum Gasteiger partial charge on any atom is 0.213 e. The van der Waals surface area contributed by atoms with Crippen LogP contribution in [0.1, 0.15) is 42.4 Å². The lowest BCUT2D eigenvalue weighted by Crippen LogP contribution is -2.14. The number of hydrogen-bond acceptors (Lipinski definition) is 3. The predicted octanol–water partition coefficient (Wildman–Crippen LogP) is 4.25. The van der Waals surface area contributed by atoms with Crippen molar-refractivity contribution in [2.75, 3.05) is 7.11 Å². The van der Waals surface area contributed by atoms with Gasteiger partial charge in [0.05, 0.1) is 12.9 Å². The second-order valence-electron chi connectivity index (χ2n) is 7.79. The lowest BCUT2D eigenvalue weighted by molar-refractivity contribution is 0.359. The van der Waals surface area contributed by atoms with Gasteiger partial charge < -0.3 is 4.74 Å². The zero-order valence-electron chi connectivity index (χ0n) is 15.5. The van der Waals surface area contributed by atoms with E-state index in [-0.39, 0.29) is 16.9 Å². The number of nitrogens with two attached hydrogens (primary N) is 1. The molecule has 0 atom stereocenters. The number of methoxy groups -OCH3 is 1. The van der Waals surface area contributed by atoms with Gasteiger partial charge in [0.1, 0.15) is 0 Å². The molecule has 0 bridgehead atoms. The molecule has 4 rings (SSSR count). The summed E-state index contributed by atoms with van der Waals surface area (Å²) in [5.41, 5.74) is 4.27. The van der Waals surface area contributed by atoms with Crippen molar-refractivity contribution in [3.63, 3.8) is 0 Å². The first kappa shape index (κ1) is 19.1. The Labute approximate surface area is 163 Å². The predicted molar refractivity (Wildman–Crippen MR) is 104 cm³/mol. The van der Waals surface area contributed by atoms with Crippen molar-refractivity contribution in [1.29, 1.82) is 0 Å². The Bertz CT molecular complexity index is 1050. The number of benzene rings is 2. The van der Waals surface area contributed by atoms with E-state index < -0.39 is 21.7 Å². The fraction of sp³-hybridized carbons (Fsp3) is 0.333. The summed E-state index contributed by atoms with van der Waals surface area (Å²) in [5, 5.41) is 5.10. The second kappa shape index (κ2) is 6.67. The van der Waals surface area contributed by atoms with Crippen molar-refractivity contribution in [3.05, 3.63) is 64.7 Å². The molecule has 2 N–H and O–H groups in total. The minimum atomic E-state index is -3.59. The van der Waals surface area contributed by atoms with E-state index in [0.29, 0.717) is 11.1 Å². The van der Waals surface area contributed by atoms with Crippen molar-refractivity contribution >= 4 is 21.2 Å². The van der Waals surface area contributed by atoms with Crippen molar-refractivity contribution in [2.45, 2.75) is 31.4 Å². The Morgan fingerprint density at radius 2 is 1.54 bits per heavy atom. The lowest BCUT2D eigenvalue weighted by Gasteiger charge is -2.11. The zero-order valence-corrected chi connectivity index (χ0v) is 16.3. The van der Waals surface area contributed by atoms with Gasteiger partial charge in [-0.1, -0.05) is 24.3 Å². The van der Waals surface area contributed by atoms with Crippen molar-refractivity contribution in [3.8, 4) is 5.75 Å². The molecule has 1 spiro atoms. The number of halogens is 2. The van der Waals surface area contributed by atoms with E-state index in [1.165, 1.54) is 19.2 Å². The van der Waals surface area contributed by atoms with Gasteiger partial charge in [0.2, 0.25) is 10.0 Å². The number of rotatable bonds is 5. The molecule has 0 radical (unpaired) electrons. The highest BCUT2D eigenvalue weighted by atomic mass is 32.2. The highest BCUT2D eigenvalue weighted by Gasteiger charge is 2.48. The smallest absolute Gasteiger partial charge is 0.213 e. The van der Waals surface area contributed by atoms with E-state index in [0.717, 1.165) is 42.4 Å². The molecule has 4 nitrogen and oxygen atoms in total. The Morgan fingerprint density at radius 3 is 2.00 bits per heavy atom. The topological polar surface area (TPSA) is 69.4 Å². The minimum Gasteiger partial charge on any atom is -0.491 e. The molecule has 7 heteroatoms. The summed E-state index contributed by atoms with van der Waals surface area (Å²) in [5.74, 6) is -2.04. The van der Waals surface area contributed by atoms with Crippen LogP contribution in [0, 0.1) is 17.0 Å². The molecule has 0 saturated heterocycles. The minimum absolute atomic E-state index is 0.191. The Morgan fingerprint density at radius 1 is 1.00 bits per heavy atom. The molecule has 2 aliphatic rings. The van der Waals surface area contributed by atoms with Crippen LogP contribution in [0.2, 0.25) is 0 Å². The van der Waals surface area contributed by atoms with Gasteiger partial charge in [-0.15, -0.1) is 0 Å². The van der Waals surface area contributed by atoms with Crippen LogP contribution in [0.25, 0.3) is 11.1 Å². The van der Waals surface area contributed by atoms with Gasteiger partial charge in [-0.25, -0.2) is 22.3 Å². The molecule has 2 aliphatic carbocycles. The maximum atomic E-state index is 14.3. The first-order chi connectivity index (χ1) is 13.2. The summed E-state index contributed by atoms with van der Waals surface area (Å²) < 4.78 is 55.9. The number of primary sulfonamides is 1. The zero-order chi connectivity index (χ0) is 20.1. The summed E-state index contributed by atoms with van der Waals surface area (Å²) >= 11 is 0. The molecule has 0 aromatic heterocycles. The van der Waals surface area contributed by atoms with Crippen LogP contribution >= 0.6 is 0 Å². The molecule has 1 saturated carbocycles. The normalized spacial score (nSPS) is 18.0. The van der Waals surface area contributed by atoms with Gasteiger partial charge >= 0.3 is 0 Å². The Balaban J connectivity index is 1.74. The van der Waals surface area contributed by atoms with Crippen LogP contribution in [0.4, 0.5) is 8.78 Å². The van der Waals surface area contributed by atoms with Gasteiger partial charge in [0.25, 0.3) is 0 Å². The van der Waals surface area contributed by atoms with Crippen LogP contribution in [0.3, 0.4) is 0 Å². The summed E-state index contributed by atoms with van der Waals surface area (Å²) in [6.07, 6.45) is 3.84. The van der Waals surface area contributed by atoms with E-state index in [2.05, 4.69) is 0 Å². The van der Waals surface area contributed by atoms with Crippen LogP contribution in [-0.4, -0.2) is 15.5 Å². The van der Waals surface area contributed by atoms with Crippen LogP contribution < -0.4 is 9.88 Å². The molecule has 148 valence electrons. The standard InChI is InChI=1S/C21H21F2NO3S/c1-27-20-18(22)8-15(9-19(20)23)17-11-21(6-7-21)10-16(17)14-4-2-13(3-5-14)12-28(24,25)26/h2-5,8-9H,6-7,10-12H2,1H3,(H2,24,25,26). The number of ether oxygens (including phenoxy) is 1. The average molecular weight is 405 g/mol. The monoisotopic (exact) mass is 405 g/mol. The van der Waals surface area contributed by atoms with Crippen LogP contribution in [-0.2, 0) is 15.8 Å². The van der Waals surface area contributed by atoms with Gasteiger partial charge in [-0.05, 0) is 71.1 Å². The molecule has 2 aromatic rings. The molecular formula is C21H21F2NO3S. The maximum absolute atomic E-state index is 14.3. The quantitative estimate of drug-likeness (QED) is 0.809. The van der Waals surface area contributed by atoms with E-state index in [1.54, 1.807) is 12.1 Å². The Kier molecular flexibility index (Phi) is 4.55. The number of hydrogen-bond donors (Lipinski definition) is 1. The molecule has 0 aliphatic heterocycles. The summed E-state index contributed by atoms with van der Waals surface area (Å²) in [6.45, 7) is 0. The highest BCUT2D eigenvalue weighted by molar-refractivity contribution is 7.88. The highest BCUT2D eigenvalue weighted by Crippen LogP contribution is 2.63. The average Bonchev–Trinajstić information content (AvgIpc) is 3.25. The first-order valence-corrected chi connectivity index (χ1v) is 10.8. The van der Waals surface area contributed by atoms with E-state index in [1.807, 2.05) is 12.1 Å².